The van der Waals surface area contributed by atoms with Crippen molar-refractivity contribution in [1.29, 1.82) is 0 Å². The molecule has 7 heteroatoms. The average Bonchev–Trinajstić information content (AvgIpc) is 3.08. The van der Waals surface area contributed by atoms with Gasteiger partial charge >= 0.3 is 6.09 Å². The molecule has 0 radical (unpaired) electrons. The van der Waals surface area contributed by atoms with E-state index in [1.54, 1.807) is 30.5 Å². The van der Waals surface area contributed by atoms with E-state index in [4.69, 9.17) is 0 Å². The van der Waals surface area contributed by atoms with Crippen LogP contribution < -0.4 is 10.6 Å². The molecule has 1 aromatic heterocycles. The molecule has 28 heavy (non-hydrogen) atoms. The van der Waals surface area contributed by atoms with Gasteiger partial charge in [-0.05, 0) is 24.1 Å². The number of aliphatic hydroxyl groups excluding tert-OH is 1. The Bertz CT molecular complexity index is 970. The van der Waals surface area contributed by atoms with E-state index in [1.807, 2.05) is 30.3 Å². The number of nitrogens with one attached hydrogen (secondary N) is 3. The molecule has 2 unspecified atom stereocenters. The second-order valence-electron chi connectivity index (χ2n) is 6.94. The average molecular weight is 381 g/mol. The van der Waals surface area contributed by atoms with E-state index in [9.17, 15) is 19.8 Å². The van der Waals surface area contributed by atoms with Crippen LogP contribution in [0.5, 0.6) is 0 Å². The summed E-state index contributed by atoms with van der Waals surface area (Å²) >= 11 is 0. The highest BCUT2D eigenvalue weighted by atomic mass is 16.4. The van der Waals surface area contributed by atoms with E-state index in [1.165, 1.54) is 6.92 Å². The Balaban J connectivity index is 1.76. The molecule has 0 spiro atoms. The number of rotatable bonds is 7. The molecule has 2 atom stereocenters. The van der Waals surface area contributed by atoms with Crippen molar-refractivity contribution in [3.05, 3.63) is 71.9 Å². The van der Waals surface area contributed by atoms with E-state index < -0.39 is 23.6 Å². The molecule has 2 amide bonds. The predicted octanol–water partition coefficient (Wildman–Crippen LogP) is 2.59. The summed E-state index contributed by atoms with van der Waals surface area (Å²) in [6.07, 6.45) is -0.233. The number of hydrogen-bond acceptors (Lipinski definition) is 3. The van der Waals surface area contributed by atoms with Crippen molar-refractivity contribution in [1.82, 2.24) is 15.6 Å². The van der Waals surface area contributed by atoms with Gasteiger partial charge in [0.2, 0.25) is 5.91 Å². The maximum Gasteiger partial charge on any atom is 0.405 e. The summed E-state index contributed by atoms with van der Waals surface area (Å²) in [4.78, 5) is 27.3. The molecule has 0 aliphatic carbocycles. The Morgan fingerprint density at radius 1 is 1.11 bits per heavy atom. The molecule has 146 valence electrons. The van der Waals surface area contributed by atoms with Crippen LogP contribution in [-0.4, -0.2) is 39.3 Å². The summed E-state index contributed by atoms with van der Waals surface area (Å²) < 4.78 is 0. The van der Waals surface area contributed by atoms with Crippen LogP contribution in [0.25, 0.3) is 10.9 Å². The third kappa shape index (κ3) is 4.32. The van der Waals surface area contributed by atoms with Gasteiger partial charge in [0.05, 0.1) is 6.10 Å². The highest BCUT2D eigenvalue weighted by Gasteiger charge is 2.36. The Kier molecular flexibility index (Phi) is 5.65. The highest BCUT2D eigenvalue weighted by molar-refractivity contribution is 5.91. The van der Waals surface area contributed by atoms with Gasteiger partial charge in [-0.2, -0.15) is 0 Å². The maximum absolute atomic E-state index is 12.8. The first-order valence-corrected chi connectivity index (χ1v) is 8.96. The molecule has 3 aromatic rings. The number of aliphatic hydroxyl groups is 1. The number of benzene rings is 2. The van der Waals surface area contributed by atoms with Gasteiger partial charge in [-0.15, -0.1) is 0 Å². The maximum atomic E-state index is 12.8. The van der Waals surface area contributed by atoms with E-state index >= 15 is 0 Å². The molecule has 1 heterocycles. The predicted molar refractivity (Wildman–Crippen MR) is 106 cm³/mol. The van der Waals surface area contributed by atoms with Crippen LogP contribution in [0.1, 0.15) is 24.2 Å². The molecule has 5 N–H and O–H groups in total. The standard InChI is InChI=1S/C21H23N3O4/c1-21(24-20(27)28,11-15-12-22-17-10-6-5-9-16(15)17)19(26)23-13-18(25)14-7-3-2-4-8-14/h2-10,12,18,22,24-25H,11,13H2,1H3,(H,23,26)(H,27,28). The number of para-hydroxylation sites is 1. The van der Waals surface area contributed by atoms with Crippen molar-refractivity contribution >= 4 is 22.9 Å². The van der Waals surface area contributed by atoms with Gasteiger partial charge in [0, 0.05) is 30.1 Å². The minimum Gasteiger partial charge on any atom is -0.465 e. The molecule has 0 aliphatic heterocycles. The number of carbonyl (C=O) groups excluding carboxylic acids is 1. The smallest absolute Gasteiger partial charge is 0.405 e. The molecule has 0 saturated carbocycles. The van der Waals surface area contributed by atoms with Gasteiger partial charge in [-0.25, -0.2) is 4.79 Å². The van der Waals surface area contributed by atoms with Crippen molar-refractivity contribution in [2.24, 2.45) is 0 Å². The topological polar surface area (TPSA) is 114 Å². The minimum atomic E-state index is -1.40. The number of carbonyl (C=O) groups is 2. The van der Waals surface area contributed by atoms with Crippen LogP contribution in [-0.2, 0) is 11.2 Å². The second kappa shape index (κ2) is 8.14. The third-order valence-corrected chi connectivity index (χ3v) is 4.74. The summed E-state index contributed by atoms with van der Waals surface area (Å²) in [5, 5.41) is 25.4. The first-order valence-electron chi connectivity index (χ1n) is 8.96. The third-order valence-electron chi connectivity index (χ3n) is 4.74. The first-order chi connectivity index (χ1) is 13.4. The number of hydrogen-bond donors (Lipinski definition) is 5. The van der Waals surface area contributed by atoms with Gasteiger partial charge in [-0.1, -0.05) is 48.5 Å². The van der Waals surface area contributed by atoms with E-state index in [2.05, 4.69) is 15.6 Å². The van der Waals surface area contributed by atoms with Crippen LogP contribution in [0.4, 0.5) is 4.79 Å². The first kappa shape index (κ1) is 19.4. The minimum absolute atomic E-state index is 0.0202. The molecular weight excluding hydrogens is 358 g/mol. The fraction of sp³-hybridized carbons (Fsp3) is 0.238. The largest absolute Gasteiger partial charge is 0.465 e. The summed E-state index contributed by atoms with van der Waals surface area (Å²) in [5.41, 5.74) is 1.01. The molecule has 0 saturated heterocycles. The Morgan fingerprint density at radius 3 is 2.50 bits per heavy atom. The van der Waals surface area contributed by atoms with Crippen LogP contribution in [0.3, 0.4) is 0 Å². The quantitative estimate of drug-likeness (QED) is 0.433. The second-order valence-corrected chi connectivity index (χ2v) is 6.94. The zero-order valence-corrected chi connectivity index (χ0v) is 15.5. The number of aromatic nitrogens is 1. The summed E-state index contributed by atoms with van der Waals surface area (Å²) in [6, 6.07) is 16.6. The van der Waals surface area contributed by atoms with E-state index in [0.29, 0.717) is 5.56 Å². The number of fused-ring (bicyclic) bond motifs is 1. The molecule has 0 aliphatic rings. The monoisotopic (exact) mass is 381 g/mol. The van der Waals surface area contributed by atoms with Crippen molar-refractivity contribution in [3.63, 3.8) is 0 Å². The van der Waals surface area contributed by atoms with Gasteiger partial charge in [0.15, 0.2) is 0 Å². The zero-order chi connectivity index (χ0) is 20.1. The summed E-state index contributed by atoms with van der Waals surface area (Å²) in [5.74, 6) is -0.504. The lowest BCUT2D eigenvalue weighted by Crippen LogP contribution is -2.58. The van der Waals surface area contributed by atoms with Crippen LogP contribution in [0, 0.1) is 0 Å². The SMILES string of the molecule is CC(Cc1c[nH]c2ccccc12)(NC(=O)O)C(=O)NCC(O)c1ccccc1. The van der Waals surface area contributed by atoms with E-state index in [-0.39, 0.29) is 13.0 Å². The summed E-state index contributed by atoms with van der Waals surface area (Å²) in [6.45, 7) is 1.51. The lowest BCUT2D eigenvalue weighted by molar-refractivity contribution is -0.127. The van der Waals surface area contributed by atoms with Gasteiger partial charge in [-0.3, -0.25) is 4.79 Å². The number of amides is 2. The normalized spacial score (nSPS) is 14.2. The van der Waals surface area contributed by atoms with Crippen LogP contribution >= 0.6 is 0 Å². The molecular formula is C21H23N3O4. The van der Waals surface area contributed by atoms with Crippen molar-refractivity contribution in [3.8, 4) is 0 Å². The molecule has 3 rings (SSSR count). The van der Waals surface area contributed by atoms with Gasteiger partial charge in [0.25, 0.3) is 0 Å². The van der Waals surface area contributed by atoms with Gasteiger partial charge < -0.3 is 25.8 Å². The Hall–Kier alpha value is -3.32. The Morgan fingerprint density at radius 2 is 1.79 bits per heavy atom. The van der Waals surface area contributed by atoms with Crippen molar-refractivity contribution < 1.29 is 19.8 Å². The number of carboxylic acid groups (broad SMARTS) is 1. The molecule has 2 aromatic carbocycles. The lowest BCUT2D eigenvalue weighted by Gasteiger charge is -2.28. The highest BCUT2D eigenvalue weighted by Crippen LogP contribution is 2.23. The molecule has 0 bridgehead atoms. The number of H-pyrrole nitrogens is 1. The van der Waals surface area contributed by atoms with Crippen molar-refractivity contribution in [2.75, 3.05) is 6.54 Å². The fourth-order valence-electron chi connectivity index (χ4n) is 3.25. The van der Waals surface area contributed by atoms with Crippen LogP contribution in [0.2, 0.25) is 0 Å². The number of aromatic amines is 1. The Labute approximate surface area is 162 Å². The molecule has 0 fully saturated rings. The zero-order valence-electron chi connectivity index (χ0n) is 15.5. The van der Waals surface area contributed by atoms with Gasteiger partial charge in [0.1, 0.15) is 5.54 Å². The van der Waals surface area contributed by atoms with Crippen molar-refractivity contribution in [2.45, 2.75) is 25.0 Å². The van der Waals surface area contributed by atoms with E-state index in [0.717, 1.165) is 16.5 Å². The molecule has 7 nitrogen and oxygen atoms in total. The summed E-state index contributed by atoms with van der Waals surface area (Å²) in [7, 11) is 0. The lowest BCUT2D eigenvalue weighted by atomic mass is 9.91. The van der Waals surface area contributed by atoms with Crippen LogP contribution in [0.15, 0.2) is 60.8 Å². The fourth-order valence-corrected chi connectivity index (χ4v) is 3.25.